The second-order valence-electron chi connectivity index (χ2n) is 5.06. The molecule has 2 aromatic rings. The quantitative estimate of drug-likeness (QED) is 0.876. The lowest BCUT2D eigenvalue weighted by Crippen LogP contribution is -2.30. The summed E-state index contributed by atoms with van der Waals surface area (Å²) in [5, 5.41) is 12.4. The summed E-state index contributed by atoms with van der Waals surface area (Å²) in [5.74, 6) is 0.822. The van der Waals surface area contributed by atoms with Crippen molar-refractivity contribution in [1.82, 2.24) is 15.5 Å². The zero-order valence-corrected chi connectivity index (χ0v) is 11.8. The number of rotatable bonds is 6. The first-order valence-corrected chi connectivity index (χ1v) is 6.76. The van der Waals surface area contributed by atoms with Crippen molar-refractivity contribution in [3.63, 3.8) is 0 Å². The highest BCUT2D eigenvalue weighted by Gasteiger charge is 2.07. The molecule has 0 bridgehead atoms. The van der Waals surface area contributed by atoms with Gasteiger partial charge in [-0.25, -0.2) is 0 Å². The molecule has 1 N–H and O–H groups in total. The van der Waals surface area contributed by atoms with Gasteiger partial charge in [0.2, 0.25) is 5.88 Å². The Labute approximate surface area is 118 Å². The average Bonchev–Trinajstić information content (AvgIpc) is 2.44. The molecule has 1 amide bonds. The van der Waals surface area contributed by atoms with Crippen molar-refractivity contribution in [2.24, 2.45) is 5.92 Å². The molecule has 0 aliphatic rings. The minimum atomic E-state index is -0.139. The number of hydrogen-bond acceptors (Lipinski definition) is 4. The van der Waals surface area contributed by atoms with Gasteiger partial charge in [0.15, 0.2) is 6.61 Å². The lowest BCUT2D eigenvalue weighted by molar-refractivity contribution is -0.123. The molecule has 0 radical (unpaired) electrons. The lowest BCUT2D eigenvalue weighted by atomic mass is 10.1. The summed E-state index contributed by atoms with van der Waals surface area (Å²) in [6, 6.07) is 7.65. The van der Waals surface area contributed by atoms with Crippen molar-refractivity contribution in [3.05, 3.63) is 30.5 Å². The Morgan fingerprint density at radius 1 is 1.35 bits per heavy atom. The molecule has 0 aliphatic carbocycles. The van der Waals surface area contributed by atoms with E-state index in [1.165, 1.54) is 0 Å². The van der Waals surface area contributed by atoms with Gasteiger partial charge in [0.05, 0.1) is 6.20 Å². The maximum absolute atomic E-state index is 11.6. The third kappa shape index (κ3) is 3.91. The smallest absolute Gasteiger partial charge is 0.258 e. The minimum absolute atomic E-state index is 0.0409. The van der Waals surface area contributed by atoms with Crippen molar-refractivity contribution in [2.45, 2.75) is 20.3 Å². The fourth-order valence-corrected chi connectivity index (χ4v) is 1.79. The first-order chi connectivity index (χ1) is 9.66. The van der Waals surface area contributed by atoms with Gasteiger partial charge >= 0.3 is 0 Å². The fraction of sp³-hybridized carbons (Fsp3) is 0.400. The van der Waals surface area contributed by atoms with Crippen molar-refractivity contribution in [3.8, 4) is 5.88 Å². The Balaban J connectivity index is 1.91. The molecule has 5 heteroatoms. The molecule has 5 nitrogen and oxygen atoms in total. The van der Waals surface area contributed by atoms with Crippen LogP contribution in [0.4, 0.5) is 0 Å². The van der Waals surface area contributed by atoms with Crippen LogP contribution in [0.25, 0.3) is 10.8 Å². The number of aromatic nitrogens is 2. The molecule has 0 spiro atoms. The maximum Gasteiger partial charge on any atom is 0.258 e. The van der Waals surface area contributed by atoms with E-state index in [-0.39, 0.29) is 12.5 Å². The number of amides is 1. The van der Waals surface area contributed by atoms with Crippen LogP contribution in [0.15, 0.2) is 30.5 Å². The Kier molecular flexibility index (Phi) is 4.87. The lowest BCUT2D eigenvalue weighted by Gasteiger charge is -2.09. The zero-order chi connectivity index (χ0) is 14.4. The topological polar surface area (TPSA) is 64.1 Å². The molecule has 0 unspecified atom stereocenters. The number of carbonyl (C=O) groups is 1. The fourth-order valence-electron chi connectivity index (χ4n) is 1.79. The van der Waals surface area contributed by atoms with Gasteiger partial charge in [-0.2, -0.15) is 5.10 Å². The van der Waals surface area contributed by atoms with Crippen LogP contribution >= 0.6 is 0 Å². The van der Waals surface area contributed by atoms with Gasteiger partial charge in [0.25, 0.3) is 5.91 Å². The first kappa shape index (κ1) is 14.2. The van der Waals surface area contributed by atoms with Crippen LogP contribution in [-0.2, 0) is 4.79 Å². The molecule has 1 heterocycles. The number of carbonyl (C=O) groups excluding carboxylic acids is 1. The number of ether oxygens (including phenoxy) is 1. The number of benzene rings is 1. The van der Waals surface area contributed by atoms with Crippen LogP contribution in [0.2, 0.25) is 0 Å². The third-order valence-corrected chi connectivity index (χ3v) is 2.92. The Morgan fingerprint density at radius 3 is 2.95 bits per heavy atom. The predicted octanol–water partition coefficient (Wildman–Crippen LogP) is 2.17. The summed E-state index contributed by atoms with van der Waals surface area (Å²) in [7, 11) is 0. The molecule has 0 atom stereocenters. The van der Waals surface area contributed by atoms with Gasteiger partial charge in [-0.05, 0) is 18.4 Å². The SMILES string of the molecule is CC(C)CCNC(=O)COc1nncc2ccccc12. The molecule has 0 saturated heterocycles. The van der Waals surface area contributed by atoms with E-state index in [1.54, 1.807) is 6.20 Å². The van der Waals surface area contributed by atoms with Crippen LogP contribution in [0, 0.1) is 5.92 Å². The normalized spacial score (nSPS) is 10.8. The predicted molar refractivity (Wildman–Crippen MR) is 77.5 cm³/mol. The van der Waals surface area contributed by atoms with Crippen LogP contribution in [0.1, 0.15) is 20.3 Å². The Bertz CT molecular complexity index is 579. The molecule has 20 heavy (non-hydrogen) atoms. The van der Waals surface area contributed by atoms with Crippen molar-refractivity contribution < 1.29 is 9.53 Å². The van der Waals surface area contributed by atoms with Gasteiger partial charge in [-0.1, -0.05) is 32.0 Å². The van der Waals surface area contributed by atoms with E-state index in [1.807, 2.05) is 24.3 Å². The van der Waals surface area contributed by atoms with E-state index in [0.717, 1.165) is 17.2 Å². The Morgan fingerprint density at radius 2 is 2.15 bits per heavy atom. The molecule has 2 rings (SSSR count). The molecular formula is C15H19N3O2. The maximum atomic E-state index is 11.6. The molecule has 1 aromatic carbocycles. The second kappa shape index (κ2) is 6.84. The molecule has 1 aromatic heterocycles. The number of hydrogen-bond donors (Lipinski definition) is 1. The van der Waals surface area contributed by atoms with Crippen molar-refractivity contribution in [2.75, 3.05) is 13.2 Å². The van der Waals surface area contributed by atoms with Gasteiger partial charge in [0.1, 0.15) is 0 Å². The van der Waals surface area contributed by atoms with Crippen molar-refractivity contribution >= 4 is 16.7 Å². The molecule has 0 fully saturated rings. The standard InChI is InChI=1S/C15H19N3O2/c1-11(2)7-8-16-14(19)10-20-15-13-6-4-3-5-12(13)9-17-18-15/h3-6,9,11H,7-8,10H2,1-2H3,(H,16,19). The molecular weight excluding hydrogens is 254 g/mol. The summed E-state index contributed by atoms with van der Waals surface area (Å²) < 4.78 is 5.45. The largest absolute Gasteiger partial charge is 0.466 e. The van der Waals surface area contributed by atoms with E-state index in [9.17, 15) is 4.79 Å². The van der Waals surface area contributed by atoms with Gasteiger partial charge < -0.3 is 10.1 Å². The summed E-state index contributed by atoms with van der Waals surface area (Å²) in [4.78, 5) is 11.6. The molecule has 0 saturated carbocycles. The van der Waals surface area contributed by atoms with Gasteiger partial charge in [0, 0.05) is 17.3 Å². The highest BCUT2D eigenvalue weighted by molar-refractivity contribution is 5.86. The summed E-state index contributed by atoms with van der Waals surface area (Å²) in [6.45, 7) is 4.87. The highest BCUT2D eigenvalue weighted by Crippen LogP contribution is 2.20. The van der Waals surface area contributed by atoms with E-state index in [0.29, 0.717) is 18.3 Å². The average molecular weight is 273 g/mol. The van der Waals surface area contributed by atoms with E-state index in [2.05, 4.69) is 29.4 Å². The summed E-state index contributed by atoms with van der Waals surface area (Å²) in [5.41, 5.74) is 0. The van der Waals surface area contributed by atoms with E-state index in [4.69, 9.17) is 4.74 Å². The van der Waals surface area contributed by atoms with Crippen LogP contribution in [-0.4, -0.2) is 29.3 Å². The second-order valence-corrected chi connectivity index (χ2v) is 5.06. The monoisotopic (exact) mass is 273 g/mol. The van der Waals surface area contributed by atoms with Gasteiger partial charge in [-0.3, -0.25) is 4.79 Å². The number of nitrogens with one attached hydrogen (secondary N) is 1. The third-order valence-electron chi connectivity index (χ3n) is 2.92. The first-order valence-electron chi connectivity index (χ1n) is 6.76. The Hall–Kier alpha value is -2.17. The highest BCUT2D eigenvalue weighted by atomic mass is 16.5. The van der Waals surface area contributed by atoms with Crippen molar-refractivity contribution in [1.29, 1.82) is 0 Å². The van der Waals surface area contributed by atoms with Crippen LogP contribution in [0.3, 0.4) is 0 Å². The minimum Gasteiger partial charge on any atom is -0.466 e. The van der Waals surface area contributed by atoms with E-state index < -0.39 is 0 Å². The van der Waals surface area contributed by atoms with Gasteiger partial charge in [-0.15, -0.1) is 5.10 Å². The zero-order valence-electron chi connectivity index (χ0n) is 11.8. The summed E-state index contributed by atoms with van der Waals surface area (Å²) >= 11 is 0. The molecule has 106 valence electrons. The number of nitrogens with zero attached hydrogens (tertiary/aromatic N) is 2. The molecule has 0 aliphatic heterocycles. The summed E-state index contributed by atoms with van der Waals surface area (Å²) in [6.07, 6.45) is 2.63. The van der Waals surface area contributed by atoms with Crippen LogP contribution in [0.5, 0.6) is 5.88 Å². The number of fused-ring (bicyclic) bond motifs is 1. The van der Waals surface area contributed by atoms with E-state index >= 15 is 0 Å². The van der Waals surface area contributed by atoms with Crippen LogP contribution < -0.4 is 10.1 Å².